The van der Waals surface area contributed by atoms with Gasteiger partial charge in [0.1, 0.15) is 12.6 Å². The molecule has 5 heteroatoms. The Hall–Kier alpha value is -2.40. The van der Waals surface area contributed by atoms with Crippen molar-refractivity contribution < 1.29 is 19.1 Å². The molecule has 0 saturated heterocycles. The lowest BCUT2D eigenvalue weighted by Crippen LogP contribution is -2.44. The minimum Gasteiger partial charge on any atom is -0.467 e. The topological polar surface area (TPSA) is 64.6 Å². The Bertz CT molecular complexity index is 663. The van der Waals surface area contributed by atoms with Crippen LogP contribution < -0.4 is 5.32 Å². The van der Waals surface area contributed by atoms with E-state index in [4.69, 9.17) is 9.47 Å². The Kier molecular flexibility index (Phi) is 5.49. The SMILES string of the molecule is COCC(=O)N[C@@H](Cc1cccc2ccccc12)C(=O)OC. The van der Waals surface area contributed by atoms with Gasteiger partial charge in [-0.15, -0.1) is 0 Å². The predicted octanol–water partition coefficient (Wildman–Crippen LogP) is 1.69. The van der Waals surface area contributed by atoms with Crippen molar-refractivity contribution in [2.45, 2.75) is 12.5 Å². The van der Waals surface area contributed by atoms with Crippen molar-refractivity contribution in [3.05, 3.63) is 48.0 Å². The lowest BCUT2D eigenvalue weighted by Gasteiger charge is -2.17. The molecule has 0 unspecified atom stereocenters. The molecule has 1 atom stereocenters. The number of benzene rings is 2. The molecule has 116 valence electrons. The lowest BCUT2D eigenvalue weighted by atomic mass is 9.99. The van der Waals surface area contributed by atoms with Crippen molar-refractivity contribution in [2.24, 2.45) is 0 Å². The second-order valence-corrected chi connectivity index (χ2v) is 4.92. The smallest absolute Gasteiger partial charge is 0.328 e. The molecule has 2 aromatic rings. The molecule has 5 nitrogen and oxygen atoms in total. The molecular weight excluding hydrogens is 282 g/mol. The third-order valence-electron chi connectivity index (χ3n) is 3.40. The van der Waals surface area contributed by atoms with Crippen LogP contribution in [0.15, 0.2) is 42.5 Å². The van der Waals surface area contributed by atoms with E-state index in [-0.39, 0.29) is 12.5 Å². The maximum absolute atomic E-state index is 11.9. The van der Waals surface area contributed by atoms with Crippen LogP contribution in [0.5, 0.6) is 0 Å². The summed E-state index contributed by atoms with van der Waals surface area (Å²) in [4.78, 5) is 23.6. The van der Waals surface area contributed by atoms with Crippen LogP contribution in [0.2, 0.25) is 0 Å². The van der Waals surface area contributed by atoms with Gasteiger partial charge in [0.15, 0.2) is 0 Å². The lowest BCUT2D eigenvalue weighted by molar-refractivity contribution is -0.145. The molecule has 1 amide bonds. The summed E-state index contributed by atoms with van der Waals surface area (Å²) < 4.78 is 9.56. The van der Waals surface area contributed by atoms with E-state index < -0.39 is 12.0 Å². The first kappa shape index (κ1) is 16.0. The minimum absolute atomic E-state index is 0.0942. The van der Waals surface area contributed by atoms with Gasteiger partial charge in [-0.1, -0.05) is 42.5 Å². The van der Waals surface area contributed by atoms with Crippen molar-refractivity contribution >= 4 is 22.6 Å². The summed E-state index contributed by atoms with van der Waals surface area (Å²) in [6.07, 6.45) is 0.365. The van der Waals surface area contributed by atoms with Crippen molar-refractivity contribution in [3.63, 3.8) is 0 Å². The van der Waals surface area contributed by atoms with Crippen LogP contribution in [0.4, 0.5) is 0 Å². The fraction of sp³-hybridized carbons (Fsp3) is 0.294. The summed E-state index contributed by atoms with van der Waals surface area (Å²) in [5.41, 5.74) is 0.978. The maximum Gasteiger partial charge on any atom is 0.328 e. The first-order valence-corrected chi connectivity index (χ1v) is 6.98. The number of esters is 1. The standard InChI is InChI=1S/C17H19NO4/c1-21-11-16(19)18-15(17(20)22-2)10-13-8-5-7-12-6-3-4-9-14(12)13/h3-9,15H,10-11H2,1-2H3,(H,18,19)/t15-/m0/s1. The van der Waals surface area contributed by atoms with Gasteiger partial charge in [-0.25, -0.2) is 4.79 Å². The highest BCUT2D eigenvalue weighted by Gasteiger charge is 2.22. The fourth-order valence-corrected chi connectivity index (χ4v) is 2.39. The summed E-state index contributed by atoms with van der Waals surface area (Å²) in [5, 5.41) is 4.79. The van der Waals surface area contributed by atoms with Crippen LogP contribution >= 0.6 is 0 Å². The molecule has 2 aromatic carbocycles. The van der Waals surface area contributed by atoms with Crippen molar-refractivity contribution in [1.82, 2.24) is 5.32 Å². The van der Waals surface area contributed by atoms with Crippen LogP contribution in [0.3, 0.4) is 0 Å². The van der Waals surface area contributed by atoms with E-state index >= 15 is 0 Å². The highest BCUT2D eigenvalue weighted by atomic mass is 16.5. The predicted molar refractivity (Wildman–Crippen MR) is 83.5 cm³/mol. The van der Waals surface area contributed by atoms with Crippen LogP contribution in [-0.4, -0.2) is 38.7 Å². The number of nitrogens with one attached hydrogen (secondary N) is 1. The average Bonchev–Trinajstić information content (AvgIpc) is 2.54. The number of ether oxygens (including phenoxy) is 2. The third-order valence-corrected chi connectivity index (χ3v) is 3.40. The zero-order valence-electron chi connectivity index (χ0n) is 12.7. The van der Waals surface area contributed by atoms with Gasteiger partial charge in [-0.05, 0) is 16.3 Å². The van der Waals surface area contributed by atoms with Crippen LogP contribution in [-0.2, 0) is 25.5 Å². The molecule has 0 heterocycles. The Morgan fingerprint density at radius 1 is 1.09 bits per heavy atom. The van der Waals surface area contributed by atoms with E-state index in [1.807, 2.05) is 42.5 Å². The van der Waals surface area contributed by atoms with E-state index in [0.29, 0.717) is 6.42 Å². The first-order valence-electron chi connectivity index (χ1n) is 6.98. The number of amides is 1. The van der Waals surface area contributed by atoms with Gasteiger partial charge in [0.05, 0.1) is 7.11 Å². The van der Waals surface area contributed by atoms with E-state index in [1.54, 1.807) is 0 Å². The maximum atomic E-state index is 11.9. The van der Waals surface area contributed by atoms with Crippen LogP contribution in [0.1, 0.15) is 5.56 Å². The summed E-state index contributed by atoms with van der Waals surface area (Å²) in [6.45, 7) is -0.0942. The van der Waals surface area contributed by atoms with Gasteiger partial charge in [-0.3, -0.25) is 4.79 Å². The van der Waals surface area contributed by atoms with Crippen molar-refractivity contribution in [2.75, 3.05) is 20.8 Å². The van der Waals surface area contributed by atoms with Crippen molar-refractivity contribution in [3.8, 4) is 0 Å². The van der Waals surface area contributed by atoms with Gasteiger partial charge < -0.3 is 14.8 Å². The summed E-state index contributed by atoms with van der Waals surface area (Å²) >= 11 is 0. The summed E-state index contributed by atoms with van der Waals surface area (Å²) in [6, 6.07) is 13.1. The van der Waals surface area contributed by atoms with Crippen molar-refractivity contribution in [1.29, 1.82) is 0 Å². The highest BCUT2D eigenvalue weighted by Crippen LogP contribution is 2.20. The Morgan fingerprint density at radius 3 is 2.55 bits per heavy atom. The van der Waals surface area contributed by atoms with E-state index in [0.717, 1.165) is 16.3 Å². The summed E-state index contributed by atoms with van der Waals surface area (Å²) in [7, 11) is 2.73. The Balaban J connectivity index is 2.25. The molecular formula is C17H19NO4. The molecule has 0 bridgehead atoms. The zero-order valence-corrected chi connectivity index (χ0v) is 12.7. The largest absolute Gasteiger partial charge is 0.467 e. The number of hydrogen-bond acceptors (Lipinski definition) is 4. The third kappa shape index (κ3) is 3.83. The quantitative estimate of drug-likeness (QED) is 0.825. The molecule has 1 N–H and O–H groups in total. The second kappa shape index (κ2) is 7.56. The number of rotatable bonds is 6. The number of hydrogen-bond donors (Lipinski definition) is 1. The fourth-order valence-electron chi connectivity index (χ4n) is 2.39. The zero-order chi connectivity index (χ0) is 15.9. The Morgan fingerprint density at radius 2 is 1.82 bits per heavy atom. The molecule has 0 spiro atoms. The van der Waals surface area contributed by atoms with E-state index in [2.05, 4.69) is 5.32 Å². The van der Waals surface area contributed by atoms with Crippen LogP contribution in [0.25, 0.3) is 10.8 Å². The molecule has 0 saturated carbocycles. The molecule has 22 heavy (non-hydrogen) atoms. The number of carbonyl (C=O) groups is 2. The molecule has 0 aromatic heterocycles. The first-order chi connectivity index (χ1) is 10.7. The molecule has 0 aliphatic heterocycles. The molecule has 0 aliphatic rings. The number of methoxy groups -OCH3 is 2. The normalized spacial score (nSPS) is 11.9. The molecule has 0 radical (unpaired) electrons. The minimum atomic E-state index is -0.738. The molecule has 0 fully saturated rings. The molecule has 0 aliphatic carbocycles. The van der Waals surface area contributed by atoms with Gasteiger partial charge in [0.2, 0.25) is 5.91 Å². The van der Waals surface area contributed by atoms with Gasteiger partial charge in [0.25, 0.3) is 0 Å². The highest BCUT2D eigenvalue weighted by molar-refractivity contribution is 5.88. The van der Waals surface area contributed by atoms with E-state index in [1.165, 1.54) is 14.2 Å². The monoisotopic (exact) mass is 301 g/mol. The van der Waals surface area contributed by atoms with Gasteiger partial charge >= 0.3 is 5.97 Å². The second-order valence-electron chi connectivity index (χ2n) is 4.92. The van der Waals surface area contributed by atoms with Gasteiger partial charge in [0, 0.05) is 13.5 Å². The van der Waals surface area contributed by atoms with Gasteiger partial charge in [-0.2, -0.15) is 0 Å². The Labute approximate surface area is 129 Å². The van der Waals surface area contributed by atoms with E-state index in [9.17, 15) is 9.59 Å². The number of fused-ring (bicyclic) bond motifs is 1. The average molecular weight is 301 g/mol. The summed E-state index contributed by atoms with van der Waals surface area (Å²) in [5.74, 6) is -0.824. The number of carbonyl (C=O) groups excluding carboxylic acids is 2. The van der Waals surface area contributed by atoms with Crippen LogP contribution in [0, 0.1) is 0 Å². The molecule has 2 rings (SSSR count).